The quantitative estimate of drug-likeness (QED) is 0.253. The summed E-state index contributed by atoms with van der Waals surface area (Å²) in [6.07, 6.45) is -2.23. The highest BCUT2D eigenvalue weighted by atomic mass is 35.5. The van der Waals surface area contributed by atoms with Gasteiger partial charge < -0.3 is 21.5 Å². The van der Waals surface area contributed by atoms with E-state index in [0.29, 0.717) is 11.8 Å². The van der Waals surface area contributed by atoms with Crippen molar-refractivity contribution in [3.05, 3.63) is 71.0 Å². The molecule has 0 aliphatic rings. The molecule has 0 aliphatic heterocycles. The molecule has 0 atom stereocenters. The second kappa shape index (κ2) is 10.3. The number of halogens is 5. The van der Waals surface area contributed by atoms with E-state index >= 15 is 0 Å². The van der Waals surface area contributed by atoms with Crippen LogP contribution in [0.3, 0.4) is 0 Å². The lowest BCUT2D eigenvalue weighted by Crippen LogP contribution is -2.32. The SMILES string of the molecule is Cc1ccc(N=C(C(=CN)C(=O)Nc2ccc(Oc3ncnc(N)c3Cl)c(F)c2)C(F)(F)F)nc1. The Hall–Kier alpha value is -4.26. The van der Waals surface area contributed by atoms with Crippen LogP contribution >= 0.6 is 11.6 Å². The number of aryl methyl sites for hydroxylation is 1. The predicted molar refractivity (Wildman–Crippen MR) is 121 cm³/mol. The number of pyridine rings is 1. The molecule has 0 aliphatic carbocycles. The van der Waals surface area contributed by atoms with Crippen LogP contribution in [0.5, 0.6) is 11.6 Å². The molecular formula is C21H16ClF4N7O2. The van der Waals surface area contributed by atoms with E-state index in [4.69, 9.17) is 27.8 Å². The zero-order valence-corrected chi connectivity index (χ0v) is 18.5. The van der Waals surface area contributed by atoms with Crippen LogP contribution in [0.15, 0.2) is 59.6 Å². The molecule has 182 valence electrons. The van der Waals surface area contributed by atoms with E-state index in [0.717, 1.165) is 18.5 Å². The summed E-state index contributed by atoms with van der Waals surface area (Å²) >= 11 is 5.90. The average Bonchev–Trinajstić information content (AvgIpc) is 2.79. The van der Waals surface area contributed by atoms with Gasteiger partial charge in [-0.3, -0.25) is 4.79 Å². The Bertz CT molecular complexity index is 1310. The molecule has 1 amide bonds. The van der Waals surface area contributed by atoms with E-state index in [-0.39, 0.29) is 34.0 Å². The van der Waals surface area contributed by atoms with Gasteiger partial charge in [-0.25, -0.2) is 19.4 Å². The van der Waals surface area contributed by atoms with Gasteiger partial charge in [0.15, 0.2) is 23.1 Å². The lowest BCUT2D eigenvalue weighted by molar-refractivity contribution is -0.113. The van der Waals surface area contributed by atoms with E-state index in [1.807, 2.05) is 0 Å². The molecule has 2 heterocycles. The lowest BCUT2D eigenvalue weighted by Gasteiger charge is -2.14. The molecule has 0 fully saturated rings. The highest BCUT2D eigenvalue weighted by Crippen LogP contribution is 2.32. The maximum absolute atomic E-state index is 14.5. The fourth-order valence-corrected chi connectivity index (χ4v) is 2.72. The number of aliphatic imine (C=N–C) groups is 1. The van der Waals surface area contributed by atoms with Gasteiger partial charge in [0.2, 0.25) is 5.88 Å². The highest BCUT2D eigenvalue weighted by molar-refractivity contribution is 6.34. The normalized spacial score (nSPS) is 12.4. The third-order valence-electron chi connectivity index (χ3n) is 4.24. The number of nitrogen functional groups attached to an aromatic ring is 1. The Kier molecular flexibility index (Phi) is 7.49. The second-order valence-corrected chi connectivity index (χ2v) is 7.19. The van der Waals surface area contributed by atoms with Crippen molar-refractivity contribution in [1.29, 1.82) is 0 Å². The fourth-order valence-electron chi connectivity index (χ4n) is 2.58. The van der Waals surface area contributed by atoms with Crippen LogP contribution in [0, 0.1) is 12.7 Å². The van der Waals surface area contributed by atoms with E-state index in [9.17, 15) is 22.4 Å². The van der Waals surface area contributed by atoms with Crippen molar-refractivity contribution in [2.75, 3.05) is 11.1 Å². The number of carbonyl (C=O) groups excluding carboxylic acids is 1. The number of nitrogens with one attached hydrogen (secondary N) is 1. The maximum Gasteiger partial charge on any atom is 0.434 e. The number of benzene rings is 1. The van der Waals surface area contributed by atoms with Crippen LogP contribution in [0.25, 0.3) is 0 Å². The molecule has 0 unspecified atom stereocenters. The number of aromatic nitrogens is 3. The summed E-state index contributed by atoms with van der Waals surface area (Å²) in [6, 6.07) is 5.83. The summed E-state index contributed by atoms with van der Waals surface area (Å²) in [7, 11) is 0. The molecule has 3 rings (SSSR count). The number of anilines is 2. The van der Waals surface area contributed by atoms with E-state index in [1.54, 1.807) is 6.92 Å². The van der Waals surface area contributed by atoms with Gasteiger partial charge in [-0.15, -0.1) is 0 Å². The molecule has 0 radical (unpaired) electrons. The van der Waals surface area contributed by atoms with Gasteiger partial charge in [0, 0.05) is 24.2 Å². The Morgan fingerprint density at radius 2 is 1.94 bits per heavy atom. The molecule has 5 N–H and O–H groups in total. The van der Waals surface area contributed by atoms with Crippen molar-refractivity contribution in [3.8, 4) is 11.6 Å². The largest absolute Gasteiger partial charge is 0.434 e. The van der Waals surface area contributed by atoms with Gasteiger partial charge in [-0.05, 0) is 30.7 Å². The number of ether oxygens (including phenoxy) is 1. The number of rotatable bonds is 6. The minimum absolute atomic E-state index is 0.0926. The molecule has 2 aromatic heterocycles. The third-order valence-corrected chi connectivity index (χ3v) is 4.59. The Morgan fingerprint density at radius 3 is 2.54 bits per heavy atom. The van der Waals surface area contributed by atoms with Gasteiger partial charge in [0.25, 0.3) is 5.91 Å². The lowest BCUT2D eigenvalue weighted by atomic mass is 10.1. The summed E-state index contributed by atoms with van der Waals surface area (Å²) in [5, 5.41) is 1.99. The minimum atomic E-state index is -5.04. The van der Waals surface area contributed by atoms with Crippen molar-refractivity contribution in [2.45, 2.75) is 13.1 Å². The first-order valence-corrected chi connectivity index (χ1v) is 9.93. The van der Waals surface area contributed by atoms with E-state index in [1.165, 1.54) is 24.4 Å². The van der Waals surface area contributed by atoms with Gasteiger partial charge >= 0.3 is 6.18 Å². The number of carbonyl (C=O) groups is 1. The molecule has 3 aromatic rings. The Balaban J connectivity index is 1.84. The number of hydrogen-bond donors (Lipinski definition) is 3. The third kappa shape index (κ3) is 6.20. The van der Waals surface area contributed by atoms with E-state index < -0.39 is 29.2 Å². The van der Waals surface area contributed by atoms with Crippen LogP contribution in [-0.2, 0) is 4.79 Å². The highest BCUT2D eigenvalue weighted by Gasteiger charge is 2.40. The number of hydrogen-bond acceptors (Lipinski definition) is 8. The van der Waals surface area contributed by atoms with Crippen LogP contribution in [-0.4, -0.2) is 32.7 Å². The van der Waals surface area contributed by atoms with Crippen molar-refractivity contribution in [3.63, 3.8) is 0 Å². The second-order valence-electron chi connectivity index (χ2n) is 6.81. The molecule has 0 bridgehead atoms. The number of nitrogens with zero attached hydrogens (tertiary/aromatic N) is 4. The molecule has 0 saturated heterocycles. The molecule has 9 nitrogen and oxygen atoms in total. The van der Waals surface area contributed by atoms with Crippen molar-refractivity contribution in [1.82, 2.24) is 15.0 Å². The molecule has 1 aromatic carbocycles. The average molecular weight is 510 g/mol. The van der Waals surface area contributed by atoms with Crippen molar-refractivity contribution >= 4 is 40.5 Å². The molecule has 14 heteroatoms. The summed E-state index contributed by atoms with van der Waals surface area (Å²) in [6.45, 7) is 1.69. The van der Waals surface area contributed by atoms with Crippen molar-refractivity contribution < 1.29 is 27.1 Å². The maximum atomic E-state index is 14.5. The molecule has 0 saturated carbocycles. The molecule has 35 heavy (non-hydrogen) atoms. The fraction of sp³-hybridized carbons (Fsp3) is 0.0952. The molecule has 0 spiro atoms. The standard InChI is InChI=1S/C21H16ClF4N7O2/c1-10-2-5-15(29-8-10)33-17(21(24,25)26)12(7-27)19(34)32-11-3-4-14(13(23)6-11)35-20-16(22)18(28)30-9-31-20/h2-9H,27H2,1H3,(H,32,34)(H2,28,30,31). The monoisotopic (exact) mass is 509 g/mol. The Labute approximate surface area is 200 Å². The smallest absolute Gasteiger partial charge is 0.434 e. The summed E-state index contributed by atoms with van der Waals surface area (Å²) in [4.78, 5) is 27.2. The Morgan fingerprint density at radius 1 is 1.20 bits per heavy atom. The predicted octanol–water partition coefficient (Wildman–Crippen LogP) is 4.46. The summed E-state index contributed by atoms with van der Waals surface area (Å²) in [5.41, 5.74) is 8.78. The van der Waals surface area contributed by atoms with Crippen molar-refractivity contribution in [2.24, 2.45) is 10.7 Å². The molecular weight excluding hydrogens is 494 g/mol. The van der Waals surface area contributed by atoms with Gasteiger partial charge in [0.1, 0.15) is 17.2 Å². The summed E-state index contributed by atoms with van der Waals surface area (Å²) in [5.74, 6) is -3.21. The number of nitrogens with two attached hydrogens (primary N) is 2. The van der Waals surface area contributed by atoms with Crippen LogP contribution in [0.1, 0.15) is 5.56 Å². The van der Waals surface area contributed by atoms with E-state index in [2.05, 4.69) is 25.3 Å². The first-order chi connectivity index (χ1) is 16.5. The number of alkyl halides is 3. The van der Waals surface area contributed by atoms with Crippen LogP contribution in [0.4, 0.5) is 34.9 Å². The van der Waals surface area contributed by atoms with Gasteiger partial charge in [-0.2, -0.15) is 18.2 Å². The van der Waals surface area contributed by atoms with Gasteiger partial charge in [-0.1, -0.05) is 17.7 Å². The first kappa shape index (κ1) is 25.4. The topological polar surface area (TPSA) is 141 Å². The van der Waals surface area contributed by atoms with Crippen LogP contribution in [0.2, 0.25) is 5.02 Å². The first-order valence-electron chi connectivity index (χ1n) is 9.55. The minimum Gasteiger partial charge on any atom is -0.434 e. The van der Waals surface area contributed by atoms with Gasteiger partial charge in [0.05, 0.1) is 5.57 Å². The zero-order chi connectivity index (χ0) is 25.8. The zero-order valence-electron chi connectivity index (χ0n) is 17.8. The van der Waals surface area contributed by atoms with Crippen LogP contribution < -0.4 is 21.5 Å². The summed E-state index contributed by atoms with van der Waals surface area (Å²) < 4.78 is 60.8. The number of amides is 1.